The van der Waals surface area contributed by atoms with Crippen molar-refractivity contribution < 1.29 is 9.90 Å². The molecule has 23 heavy (non-hydrogen) atoms. The topological polar surface area (TPSA) is 101 Å². The highest BCUT2D eigenvalue weighted by Crippen LogP contribution is 2.33. The van der Waals surface area contributed by atoms with Gasteiger partial charge >= 0.3 is 5.97 Å². The molecule has 0 bridgehead atoms. The van der Waals surface area contributed by atoms with Crippen molar-refractivity contribution in [2.24, 2.45) is 5.92 Å². The van der Waals surface area contributed by atoms with Crippen LogP contribution in [0.2, 0.25) is 0 Å². The highest BCUT2D eigenvalue weighted by atomic mass is 16.4. The van der Waals surface area contributed by atoms with E-state index in [9.17, 15) is 15.3 Å². The van der Waals surface area contributed by atoms with Crippen molar-refractivity contribution >= 4 is 11.8 Å². The van der Waals surface area contributed by atoms with E-state index in [0.717, 1.165) is 49.8 Å². The average Bonchev–Trinajstić information content (AvgIpc) is 2.45. The molecule has 1 aliphatic heterocycles. The van der Waals surface area contributed by atoms with Crippen molar-refractivity contribution in [3.63, 3.8) is 0 Å². The largest absolute Gasteiger partial charge is 0.481 e. The van der Waals surface area contributed by atoms with Gasteiger partial charge in [-0.05, 0) is 31.2 Å². The van der Waals surface area contributed by atoms with Gasteiger partial charge in [-0.25, -0.2) is 4.98 Å². The van der Waals surface area contributed by atoms with Crippen LogP contribution in [0.4, 0.5) is 5.82 Å². The molecule has 0 radical (unpaired) electrons. The maximum absolute atomic E-state index is 11.0. The Balaban J connectivity index is 2.03. The highest BCUT2D eigenvalue weighted by Gasteiger charge is 2.36. The number of hydrogen-bond donors (Lipinski definition) is 1. The summed E-state index contributed by atoms with van der Waals surface area (Å²) in [5.41, 5.74) is 2.57. The van der Waals surface area contributed by atoms with E-state index in [2.05, 4.69) is 17.1 Å². The van der Waals surface area contributed by atoms with Gasteiger partial charge in [0.1, 0.15) is 23.5 Å². The zero-order chi connectivity index (χ0) is 16.4. The first-order valence-electron chi connectivity index (χ1n) is 7.99. The summed E-state index contributed by atoms with van der Waals surface area (Å²) in [6.07, 6.45) is 5.95. The summed E-state index contributed by atoms with van der Waals surface area (Å²) in [5, 5.41) is 28.1. The number of fused-ring (bicyclic) bond motifs is 1. The van der Waals surface area contributed by atoms with Crippen LogP contribution in [-0.4, -0.2) is 29.1 Å². The van der Waals surface area contributed by atoms with Crippen LogP contribution in [0.15, 0.2) is 0 Å². The third-order valence-corrected chi connectivity index (χ3v) is 4.71. The third-order valence-electron chi connectivity index (χ3n) is 4.71. The molecule has 0 amide bonds. The minimum atomic E-state index is -0.827. The van der Waals surface area contributed by atoms with Gasteiger partial charge in [0.25, 0.3) is 0 Å². The molecule has 0 saturated carbocycles. The number of rotatable bonds is 2. The number of anilines is 1. The molecule has 118 valence electrons. The molecule has 1 saturated heterocycles. The lowest BCUT2D eigenvalue weighted by Crippen LogP contribution is -2.51. The smallest absolute Gasteiger partial charge is 0.310 e. The van der Waals surface area contributed by atoms with Crippen LogP contribution in [0.3, 0.4) is 0 Å². The molecule has 1 N–H and O–H groups in total. The van der Waals surface area contributed by atoms with E-state index in [1.165, 1.54) is 0 Å². The first-order chi connectivity index (χ1) is 11.2. The Hall–Kier alpha value is -2.60. The molecule has 0 aromatic carbocycles. The van der Waals surface area contributed by atoms with E-state index in [-0.39, 0.29) is 0 Å². The SMILES string of the molecule is N#Cc1c(N2CC(C(=O)O)C2)nc2c(c1C#N)CCCCCC2. The summed E-state index contributed by atoms with van der Waals surface area (Å²) in [6.45, 7) is 0.696. The van der Waals surface area contributed by atoms with Crippen LogP contribution < -0.4 is 4.90 Å². The summed E-state index contributed by atoms with van der Waals surface area (Å²) in [7, 11) is 0. The van der Waals surface area contributed by atoms with Crippen molar-refractivity contribution in [1.29, 1.82) is 10.5 Å². The lowest BCUT2D eigenvalue weighted by Gasteiger charge is -2.38. The van der Waals surface area contributed by atoms with Gasteiger partial charge in [-0.1, -0.05) is 12.8 Å². The molecule has 6 heteroatoms. The van der Waals surface area contributed by atoms with Crippen molar-refractivity contribution in [1.82, 2.24) is 4.98 Å². The van der Waals surface area contributed by atoms with Crippen molar-refractivity contribution in [3.05, 3.63) is 22.4 Å². The first-order valence-corrected chi connectivity index (χ1v) is 7.99. The van der Waals surface area contributed by atoms with Gasteiger partial charge in [-0.2, -0.15) is 10.5 Å². The maximum Gasteiger partial charge on any atom is 0.310 e. The third kappa shape index (κ3) is 2.73. The van der Waals surface area contributed by atoms with Crippen LogP contribution in [-0.2, 0) is 17.6 Å². The zero-order valence-corrected chi connectivity index (χ0v) is 12.9. The van der Waals surface area contributed by atoms with E-state index in [0.29, 0.717) is 30.0 Å². The predicted molar refractivity (Wildman–Crippen MR) is 82.9 cm³/mol. The fourth-order valence-electron chi connectivity index (χ4n) is 3.35. The normalized spacial score (nSPS) is 17.9. The monoisotopic (exact) mass is 310 g/mol. The van der Waals surface area contributed by atoms with Crippen molar-refractivity contribution in [3.8, 4) is 12.1 Å². The highest BCUT2D eigenvalue weighted by molar-refractivity contribution is 5.75. The van der Waals surface area contributed by atoms with Crippen LogP contribution in [0.1, 0.15) is 48.1 Å². The number of aromatic nitrogens is 1. The number of carboxylic acids is 1. The standard InChI is InChI=1S/C17H18N4O2/c18-7-13-12-5-3-1-2-4-6-15(12)20-16(14(13)8-19)21-9-11(10-21)17(22)23/h11H,1-6,9-10H2,(H,22,23). The second-order valence-corrected chi connectivity index (χ2v) is 6.19. The van der Waals surface area contributed by atoms with Gasteiger partial charge < -0.3 is 10.0 Å². The molecule has 1 aliphatic carbocycles. The Morgan fingerprint density at radius 1 is 1.09 bits per heavy atom. The second-order valence-electron chi connectivity index (χ2n) is 6.19. The number of hydrogen-bond acceptors (Lipinski definition) is 5. The summed E-state index contributed by atoms with van der Waals surface area (Å²) < 4.78 is 0. The average molecular weight is 310 g/mol. The van der Waals surface area contributed by atoms with Crippen molar-refractivity contribution in [2.75, 3.05) is 18.0 Å². The van der Waals surface area contributed by atoms with E-state index in [1.807, 2.05) is 0 Å². The number of carboxylic acid groups (broad SMARTS) is 1. The molecule has 0 unspecified atom stereocenters. The molecule has 3 rings (SSSR count). The van der Waals surface area contributed by atoms with Gasteiger partial charge in [-0.15, -0.1) is 0 Å². The molecular formula is C17H18N4O2. The Labute approximate surface area is 135 Å². The summed E-state index contributed by atoms with van der Waals surface area (Å²) in [4.78, 5) is 17.5. The fraction of sp³-hybridized carbons (Fsp3) is 0.529. The minimum absolute atomic E-state index is 0.302. The Morgan fingerprint density at radius 3 is 2.35 bits per heavy atom. The van der Waals surface area contributed by atoms with Crippen molar-refractivity contribution in [2.45, 2.75) is 38.5 Å². The molecule has 2 aliphatic rings. The predicted octanol–water partition coefficient (Wildman–Crippen LogP) is 2.00. The number of aliphatic carboxylic acids is 1. The summed E-state index contributed by atoms with van der Waals surface area (Å²) in [5.74, 6) is -0.761. The molecular weight excluding hydrogens is 292 g/mol. The van der Waals surface area contributed by atoms with Gasteiger partial charge in [0, 0.05) is 18.8 Å². The lowest BCUT2D eigenvalue weighted by atomic mass is 9.90. The second kappa shape index (κ2) is 6.26. The minimum Gasteiger partial charge on any atom is -0.481 e. The van der Waals surface area contributed by atoms with Crippen LogP contribution in [0.25, 0.3) is 0 Å². The molecule has 2 heterocycles. The van der Waals surface area contributed by atoms with E-state index in [4.69, 9.17) is 5.11 Å². The number of pyridine rings is 1. The molecule has 0 atom stereocenters. The number of nitrogens with zero attached hydrogens (tertiary/aromatic N) is 4. The molecule has 1 fully saturated rings. The van der Waals surface area contributed by atoms with Gasteiger partial charge in [-0.3, -0.25) is 4.79 Å². The molecule has 0 spiro atoms. The van der Waals surface area contributed by atoms with Gasteiger partial charge in [0.15, 0.2) is 0 Å². The molecule has 1 aromatic heterocycles. The van der Waals surface area contributed by atoms with E-state index < -0.39 is 11.9 Å². The lowest BCUT2D eigenvalue weighted by molar-refractivity contribution is -0.142. The molecule has 6 nitrogen and oxygen atoms in total. The van der Waals surface area contributed by atoms with E-state index >= 15 is 0 Å². The zero-order valence-electron chi connectivity index (χ0n) is 12.9. The number of aryl methyl sites for hydroxylation is 1. The molecule has 1 aromatic rings. The van der Waals surface area contributed by atoms with E-state index in [1.54, 1.807) is 4.90 Å². The van der Waals surface area contributed by atoms with Gasteiger partial charge in [0.2, 0.25) is 0 Å². The van der Waals surface area contributed by atoms with Crippen LogP contribution >= 0.6 is 0 Å². The Morgan fingerprint density at radius 2 is 1.74 bits per heavy atom. The maximum atomic E-state index is 11.0. The summed E-state index contributed by atoms with van der Waals surface area (Å²) in [6, 6.07) is 4.32. The summed E-state index contributed by atoms with van der Waals surface area (Å²) >= 11 is 0. The Bertz CT molecular complexity index is 724. The van der Waals surface area contributed by atoms with Crippen LogP contribution in [0.5, 0.6) is 0 Å². The first kappa shape index (κ1) is 15.3. The Kier molecular flexibility index (Phi) is 4.16. The fourth-order valence-corrected chi connectivity index (χ4v) is 3.35. The quantitative estimate of drug-likeness (QED) is 0.896. The van der Waals surface area contributed by atoms with Crippen LogP contribution in [0, 0.1) is 28.6 Å². The number of nitriles is 2. The van der Waals surface area contributed by atoms with Gasteiger partial charge in [0.05, 0.1) is 11.5 Å². The number of carbonyl (C=O) groups is 1.